The molecule has 2 N–H and O–H groups in total. The molecule has 0 amide bonds. The highest BCUT2D eigenvalue weighted by molar-refractivity contribution is 5.76. The van der Waals surface area contributed by atoms with Crippen LogP contribution in [0.1, 0.15) is 110 Å². The Bertz CT molecular complexity index is 2070. The first-order valence-corrected chi connectivity index (χ1v) is 21.4. The number of carbonyl (C=O) groups is 7. The maximum Gasteiger partial charge on any atom is 0.317 e. The van der Waals surface area contributed by atoms with Crippen molar-refractivity contribution in [3.8, 4) is 34.5 Å². The van der Waals surface area contributed by atoms with Gasteiger partial charge in [0.2, 0.25) is 0 Å². The molecule has 0 fully saturated rings. The zero-order valence-electron chi connectivity index (χ0n) is 37.7. The fourth-order valence-corrected chi connectivity index (χ4v) is 6.90. The van der Waals surface area contributed by atoms with Gasteiger partial charge in [-0.3, -0.25) is 43.4 Å². The summed E-state index contributed by atoms with van der Waals surface area (Å²) in [4.78, 5) is 86.7. The summed E-state index contributed by atoms with van der Waals surface area (Å²) in [5, 5.41) is 13.0. The smallest absolute Gasteiger partial charge is 0.317 e. The lowest BCUT2D eigenvalue weighted by atomic mass is 10.1. The van der Waals surface area contributed by atoms with Crippen LogP contribution >= 0.6 is 0 Å². The molecular weight excluding hydrogens is 831 g/mol. The zero-order chi connectivity index (χ0) is 47.0. The van der Waals surface area contributed by atoms with Crippen molar-refractivity contribution in [1.82, 2.24) is 15.1 Å². The number of carboxylic acids is 1. The lowest BCUT2D eigenvalue weighted by Crippen LogP contribution is -2.30. The molecule has 64 heavy (non-hydrogen) atoms. The van der Waals surface area contributed by atoms with Gasteiger partial charge in [0.15, 0.2) is 34.5 Å². The van der Waals surface area contributed by atoms with Gasteiger partial charge in [-0.05, 0) is 70.1 Å². The van der Waals surface area contributed by atoms with Gasteiger partial charge in [-0.15, -0.1) is 0 Å². The van der Waals surface area contributed by atoms with E-state index in [1.807, 2.05) is 6.07 Å². The second kappa shape index (κ2) is 27.8. The molecule has 3 aromatic carbocycles. The van der Waals surface area contributed by atoms with Gasteiger partial charge in [0, 0.05) is 77.9 Å². The van der Waals surface area contributed by atoms with Crippen molar-refractivity contribution >= 4 is 41.8 Å². The van der Waals surface area contributed by atoms with E-state index in [9.17, 15) is 38.7 Å². The van der Waals surface area contributed by atoms with Gasteiger partial charge in [-0.2, -0.15) is 0 Å². The van der Waals surface area contributed by atoms with Gasteiger partial charge in [0.1, 0.15) is 0 Å². The number of aliphatic carboxylic acids is 1. The molecule has 3 rings (SSSR count). The van der Waals surface area contributed by atoms with Crippen molar-refractivity contribution in [2.24, 2.45) is 0 Å². The summed E-state index contributed by atoms with van der Waals surface area (Å²) in [5.41, 5.74) is 1.89. The van der Waals surface area contributed by atoms with E-state index in [0.29, 0.717) is 55.8 Å². The normalized spacial score (nSPS) is 10.9. The van der Waals surface area contributed by atoms with Gasteiger partial charge in [0.05, 0.1) is 6.54 Å². The Balaban J connectivity index is 1.61. The van der Waals surface area contributed by atoms with Crippen molar-refractivity contribution in [3.05, 3.63) is 71.3 Å². The third kappa shape index (κ3) is 19.9. The molecule has 0 atom stereocenters. The molecule has 0 radical (unpaired) electrons. The maximum atomic E-state index is 12.1. The van der Waals surface area contributed by atoms with E-state index in [1.54, 1.807) is 47.4 Å². The van der Waals surface area contributed by atoms with E-state index in [-0.39, 0.29) is 47.6 Å². The molecule has 0 bridgehead atoms. The van der Waals surface area contributed by atoms with Crippen LogP contribution in [-0.2, 0) is 53.2 Å². The summed E-state index contributed by atoms with van der Waals surface area (Å²) >= 11 is 0. The van der Waals surface area contributed by atoms with E-state index >= 15 is 0 Å². The number of rotatable bonds is 28. The molecule has 0 saturated carbocycles. The van der Waals surface area contributed by atoms with Crippen LogP contribution in [0.15, 0.2) is 54.6 Å². The number of nitrogens with one attached hydrogen (secondary N) is 1. The van der Waals surface area contributed by atoms with Crippen LogP contribution in [0.5, 0.6) is 34.5 Å². The van der Waals surface area contributed by atoms with E-state index in [4.69, 9.17) is 28.4 Å². The van der Waals surface area contributed by atoms with Crippen LogP contribution in [0, 0.1) is 0 Å². The van der Waals surface area contributed by atoms with Gasteiger partial charge in [0.25, 0.3) is 0 Å². The Morgan fingerprint density at radius 3 is 1.19 bits per heavy atom. The molecule has 0 aliphatic heterocycles. The Morgan fingerprint density at radius 1 is 0.453 bits per heavy atom. The number of benzene rings is 3. The van der Waals surface area contributed by atoms with Crippen LogP contribution in [0.3, 0.4) is 0 Å². The molecule has 0 aliphatic carbocycles. The van der Waals surface area contributed by atoms with E-state index < -0.39 is 41.8 Å². The van der Waals surface area contributed by atoms with Crippen LogP contribution in [0.25, 0.3) is 0 Å². The first-order chi connectivity index (χ1) is 30.5. The second-order valence-corrected chi connectivity index (χ2v) is 15.2. The van der Waals surface area contributed by atoms with Crippen LogP contribution in [0.4, 0.5) is 0 Å². The lowest BCUT2D eigenvalue weighted by molar-refractivity contribution is -0.139. The van der Waals surface area contributed by atoms with Crippen molar-refractivity contribution in [1.29, 1.82) is 0 Å². The van der Waals surface area contributed by atoms with Crippen molar-refractivity contribution < 1.29 is 67.1 Å². The third-order valence-corrected chi connectivity index (χ3v) is 9.42. The number of carbonyl (C=O) groups excluding carboxylic acids is 6. The fourth-order valence-electron chi connectivity index (χ4n) is 6.90. The van der Waals surface area contributed by atoms with E-state index in [1.165, 1.54) is 47.6 Å². The number of carboxylic acid groups (broad SMARTS) is 1. The summed E-state index contributed by atoms with van der Waals surface area (Å²) in [6.07, 6.45) is 6.80. The number of para-hydroxylation sites is 3. The van der Waals surface area contributed by atoms with Crippen molar-refractivity contribution in [3.63, 3.8) is 0 Å². The average molecular weight is 892 g/mol. The molecule has 348 valence electrons. The number of ether oxygens (including phenoxy) is 6. The topological polar surface area (TPSA) is 214 Å². The van der Waals surface area contributed by atoms with Crippen molar-refractivity contribution in [2.75, 3.05) is 32.7 Å². The molecule has 0 saturated heterocycles. The van der Waals surface area contributed by atoms with Crippen LogP contribution in [-0.4, -0.2) is 89.4 Å². The van der Waals surface area contributed by atoms with Gasteiger partial charge in [-0.25, -0.2) is 0 Å². The summed E-state index contributed by atoms with van der Waals surface area (Å²) in [5.74, 6) is -3.44. The average Bonchev–Trinajstić information content (AvgIpc) is 3.19. The predicted molar refractivity (Wildman–Crippen MR) is 234 cm³/mol. The van der Waals surface area contributed by atoms with Gasteiger partial charge >= 0.3 is 41.8 Å². The number of hydrogen-bond acceptors (Lipinski definition) is 16. The predicted octanol–water partition coefficient (Wildman–Crippen LogP) is 6.54. The first kappa shape index (κ1) is 52.2. The SMILES string of the molecule is CC(=O)Oc1cccc(CNCCCCCCN(CCCCCCN(CC(=O)O)Cc2cccc(OC(C)=O)c2OC(C)=O)Cc2cccc(OC(C)=O)c2OC(C)=O)c1OC(C)=O. The Kier molecular flexibility index (Phi) is 22.7. The summed E-state index contributed by atoms with van der Waals surface area (Å²) in [6.45, 7) is 10.9. The lowest BCUT2D eigenvalue weighted by Gasteiger charge is -2.24. The molecule has 17 nitrogen and oxygen atoms in total. The third-order valence-electron chi connectivity index (χ3n) is 9.42. The minimum absolute atomic E-state index is 0.0731. The first-order valence-electron chi connectivity index (χ1n) is 21.4. The number of esters is 6. The molecule has 0 heterocycles. The highest BCUT2D eigenvalue weighted by Crippen LogP contribution is 2.35. The molecule has 0 unspecified atom stereocenters. The highest BCUT2D eigenvalue weighted by Gasteiger charge is 2.21. The molecule has 3 aromatic rings. The number of unbranched alkanes of at least 4 members (excludes halogenated alkanes) is 6. The van der Waals surface area contributed by atoms with Gasteiger partial charge < -0.3 is 38.8 Å². The van der Waals surface area contributed by atoms with Crippen molar-refractivity contribution in [2.45, 2.75) is 113 Å². The molecule has 0 aromatic heterocycles. The van der Waals surface area contributed by atoms with Gasteiger partial charge in [-0.1, -0.05) is 62.1 Å². The Morgan fingerprint density at radius 2 is 0.797 bits per heavy atom. The van der Waals surface area contributed by atoms with Crippen LogP contribution in [0.2, 0.25) is 0 Å². The summed E-state index contributed by atoms with van der Waals surface area (Å²) in [7, 11) is 0. The standard InChI is InChI=1S/C47H61N3O14/c1-32(51)59-41-21-15-18-38(45(41)62-35(4)54)28-48-24-11-7-8-12-25-49(29-39-19-16-22-42(60-33(2)52)46(39)63-36(5)55)26-13-9-10-14-27-50(31-44(57)58)30-40-20-17-23-43(61-34(3)53)47(40)64-37(6)56/h15-23,48H,7-14,24-31H2,1-6H3,(H,57,58). The molecular formula is C47H61N3O14. The molecule has 0 aliphatic rings. The molecule has 17 heteroatoms. The summed E-state index contributed by atoms with van der Waals surface area (Å²) in [6, 6.07) is 15.1. The second-order valence-electron chi connectivity index (χ2n) is 15.2. The monoisotopic (exact) mass is 891 g/mol. The van der Waals surface area contributed by atoms with E-state index in [0.717, 1.165) is 51.5 Å². The fraction of sp³-hybridized carbons (Fsp3) is 0.468. The van der Waals surface area contributed by atoms with Crippen LogP contribution < -0.4 is 33.7 Å². The Labute approximate surface area is 374 Å². The minimum atomic E-state index is -1.01. The quantitative estimate of drug-likeness (QED) is 0.0450. The zero-order valence-corrected chi connectivity index (χ0v) is 37.7. The van der Waals surface area contributed by atoms with E-state index in [2.05, 4.69) is 10.2 Å². The Hall–Kier alpha value is -6.17. The minimum Gasteiger partial charge on any atom is -0.480 e. The number of nitrogens with zero attached hydrogens (tertiary/aromatic N) is 2. The highest BCUT2D eigenvalue weighted by atomic mass is 16.6. The maximum absolute atomic E-state index is 12.1. The summed E-state index contributed by atoms with van der Waals surface area (Å²) < 4.78 is 32.1. The largest absolute Gasteiger partial charge is 0.480 e. The number of hydrogen-bond donors (Lipinski definition) is 2. The molecule has 0 spiro atoms.